The molecule has 4 nitrogen and oxygen atoms in total. The molecule has 0 unspecified atom stereocenters. The number of halogens is 1. The molecule has 2 N–H and O–H groups in total. The highest BCUT2D eigenvalue weighted by molar-refractivity contribution is 6.19. The Kier molecular flexibility index (Phi) is 4.77. The fraction of sp³-hybridized carbons (Fsp3) is 0.750. The maximum atomic E-state index is 11.3. The molecule has 0 radical (unpaired) electrons. The largest absolute Gasteiger partial charge is 0.481 e. The molecule has 0 aliphatic heterocycles. The number of hydrogen-bond acceptors (Lipinski definition) is 2. The third-order valence-corrected chi connectivity index (χ3v) is 2.24. The molecule has 0 saturated carbocycles. The van der Waals surface area contributed by atoms with E-state index >= 15 is 0 Å². The van der Waals surface area contributed by atoms with Crippen molar-refractivity contribution in [1.82, 2.24) is 5.32 Å². The summed E-state index contributed by atoms with van der Waals surface area (Å²) in [6.45, 7) is 3.56. The summed E-state index contributed by atoms with van der Waals surface area (Å²) >= 11 is 5.55. The molecule has 0 aromatic carbocycles. The third-order valence-electron chi connectivity index (χ3n) is 1.57. The molecule has 0 aromatic rings. The second-order valence-corrected chi connectivity index (χ2v) is 3.68. The number of nitrogens with one attached hydrogen (secondary N) is 1. The third kappa shape index (κ3) is 4.72. The minimum absolute atomic E-state index is 0.0654. The van der Waals surface area contributed by atoms with Gasteiger partial charge in [-0.3, -0.25) is 9.59 Å². The molecule has 0 heterocycles. The monoisotopic (exact) mass is 207 g/mol. The molecule has 0 saturated heterocycles. The van der Waals surface area contributed by atoms with Crippen LogP contribution >= 0.6 is 11.6 Å². The number of rotatable bonds is 5. The Hall–Kier alpha value is -0.770. The van der Waals surface area contributed by atoms with E-state index in [1.165, 1.54) is 0 Å². The van der Waals surface area contributed by atoms with Crippen LogP contribution in [0.2, 0.25) is 0 Å². The molecule has 0 rings (SSSR count). The lowest BCUT2D eigenvalue weighted by molar-refractivity contribution is -0.137. The number of carboxylic acids is 1. The lowest BCUT2D eigenvalue weighted by Crippen LogP contribution is -2.39. The van der Waals surface area contributed by atoms with Gasteiger partial charge in [-0.15, -0.1) is 11.6 Å². The van der Waals surface area contributed by atoms with Crippen molar-refractivity contribution in [3.63, 3.8) is 0 Å². The summed E-state index contributed by atoms with van der Waals surface area (Å²) in [4.78, 5) is 21.4. The molecule has 13 heavy (non-hydrogen) atoms. The summed E-state index contributed by atoms with van der Waals surface area (Å²) in [5.41, 5.74) is -0.639. The first kappa shape index (κ1) is 12.2. The first-order chi connectivity index (χ1) is 5.90. The van der Waals surface area contributed by atoms with Crippen molar-refractivity contribution < 1.29 is 14.7 Å². The van der Waals surface area contributed by atoms with E-state index in [9.17, 15) is 9.59 Å². The summed E-state index contributed by atoms with van der Waals surface area (Å²) in [5.74, 6) is -0.931. The van der Waals surface area contributed by atoms with Gasteiger partial charge in [0.15, 0.2) is 0 Å². The average Bonchev–Trinajstić information content (AvgIpc) is 2.03. The van der Waals surface area contributed by atoms with Crippen LogP contribution in [0.1, 0.15) is 20.3 Å². The molecule has 1 amide bonds. The molecule has 76 valence electrons. The Morgan fingerprint density at radius 1 is 1.46 bits per heavy atom. The van der Waals surface area contributed by atoms with Crippen LogP contribution < -0.4 is 5.32 Å². The summed E-state index contributed by atoms with van der Waals surface area (Å²) in [6.07, 6.45) is -0.0654. The van der Waals surface area contributed by atoms with Crippen LogP contribution in [0.5, 0.6) is 0 Å². The number of alkyl halides is 1. The van der Waals surface area contributed by atoms with E-state index in [0.717, 1.165) is 0 Å². The normalized spacial score (nSPS) is 11.0. The van der Waals surface area contributed by atoms with Crippen LogP contribution in [0.15, 0.2) is 0 Å². The van der Waals surface area contributed by atoms with Gasteiger partial charge < -0.3 is 10.4 Å². The topological polar surface area (TPSA) is 66.4 Å². The number of aliphatic carboxylic acids is 1. The van der Waals surface area contributed by atoms with E-state index in [4.69, 9.17) is 16.7 Å². The van der Waals surface area contributed by atoms with Crippen LogP contribution in [-0.2, 0) is 9.59 Å². The second kappa shape index (κ2) is 5.07. The fourth-order valence-corrected chi connectivity index (χ4v) is 0.704. The highest BCUT2D eigenvalue weighted by Gasteiger charge is 2.25. The molecule has 0 atom stereocenters. The molecular formula is C8H14ClNO3. The molecule has 0 bridgehead atoms. The van der Waals surface area contributed by atoms with Gasteiger partial charge in [-0.2, -0.15) is 0 Å². The van der Waals surface area contributed by atoms with Crippen molar-refractivity contribution in [2.75, 3.05) is 12.4 Å². The zero-order valence-corrected chi connectivity index (χ0v) is 8.52. The van der Waals surface area contributed by atoms with Gasteiger partial charge in [-0.05, 0) is 13.8 Å². The first-order valence-electron chi connectivity index (χ1n) is 3.96. The Morgan fingerprint density at radius 3 is 2.38 bits per heavy atom. The summed E-state index contributed by atoms with van der Waals surface area (Å²) in [6, 6.07) is 0. The fourth-order valence-electron chi connectivity index (χ4n) is 0.583. The Morgan fingerprint density at radius 2 is 2.00 bits per heavy atom. The maximum Gasteiger partial charge on any atom is 0.305 e. The number of carbonyl (C=O) groups is 2. The molecule has 0 spiro atoms. The Balaban J connectivity index is 3.81. The van der Waals surface area contributed by atoms with Crippen molar-refractivity contribution in [2.24, 2.45) is 5.41 Å². The van der Waals surface area contributed by atoms with E-state index in [2.05, 4.69) is 5.32 Å². The number of amides is 1. The van der Waals surface area contributed by atoms with E-state index < -0.39 is 11.4 Å². The van der Waals surface area contributed by atoms with Crippen molar-refractivity contribution in [3.8, 4) is 0 Å². The lowest BCUT2D eigenvalue weighted by Gasteiger charge is -2.19. The maximum absolute atomic E-state index is 11.3. The van der Waals surface area contributed by atoms with Crippen LogP contribution in [0.4, 0.5) is 0 Å². The standard InChI is InChI=1S/C8H14ClNO3/c1-8(2,5-9)7(13)10-4-3-6(11)12/h3-5H2,1-2H3,(H,10,13)(H,11,12). The minimum atomic E-state index is -0.927. The summed E-state index contributed by atoms with van der Waals surface area (Å²) < 4.78 is 0. The van der Waals surface area contributed by atoms with Crippen molar-refractivity contribution >= 4 is 23.5 Å². The molecule has 0 aromatic heterocycles. The smallest absolute Gasteiger partial charge is 0.305 e. The summed E-state index contributed by atoms with van der Waals surface area (Å²) in [5, 5.41) is 10.8. The van der Waals surface area contributed by atoms with E-state index in [-0.39, 0.29) is 24.8 Å². The number of carbonyl (C=O) groups excluding carboxylic acids is 1. The van der Waals surface area contributed by atoms with Gasteiger partial charge in [0.25, 0.3) is 0 Å². The molecule has 0 aliphatic carbocycles. The van der Waals surface area contributed by atoms with Gasteiger partial charge in [0.1, 0.15) is 0 Å². The Labute approximate surface area is 82.3 Å². The van der Waals surface area contributed by atoms with Crippen LogP contribution in [-0.4, -0.2) is 29.4 Å². The van der Waals surface area contributed by atoms with Crippen molar-refractivity contribution in [2.45, 2.75) is 20.3 Å². The van der Waals surface area contributed by atoms with E-state index in [1.54, 1.807) is 13.8 Å². The van der Waals surface area contributed by atoms with E-state index in [1.807, 2.05) is 0 Å². The highest BCUT2D eigenvalue weighted by atomic mass is 35.5. The first-order valence-corrected chi connectivity index (χ1v) is 4.49. The number of hydrogen-bond donors (Lipinski definition) is 2. The molecular weight excluding hydrogens is 194 g/mol. The van der Waals surface area contributed by atoms with Crippen LogP contribution in [0.3, 0.4) is 0 Å². The van der Waals surface area contributed by atoms with Gasteiger partial charge in [-0.1, -0.05) is 0 Å². The summed E-state index contributed by atoms with van der Waals surface area (Å²) in [7, 11) is 0. The van der Waals surface area contributed by atoms with Gasteiger partial charge in [0.2, 0.25) is 5.91 Å². The SMILES string of the molecule is CC(C)(CCl)C(=O)NCCC(=O)O. The van der Waals surface area contributed by atoms with Crippen LogP contribution in [0.25, 0.3) is 0 Å². The van der Waals surface area contributed by atoms with Gasteiger partial charge in [0.05, 0.1) is 11.8 Å². The second-order valence-electron chi connectivity index (χ2n) is 3.42. The predicted molar refractivity (Wildman–Crippen MR) is 49.8 cm³/mol. The zero-order chi connectivity index (χ0) is 10.5. The highest BCUT2D eigenvalue weighted by Crippen LogP contribution is 2.16. The van der Waals surface area contributed by atoms with Crippen molar-refractivity contribution in [3.05, 3.63) is 0 Å². The van der Waals surface area contributed by atoms with Gasteiger partial charge in [0, 0.05) is 12.4 Å². The Bertz CT molecular complexity index is 204. The van der Waals surface area contributed by atoms with Gasteiger partial charge >= 0.3 is 5.97 Å². The van der Waals surface area contributed by atoms with Gasteiger partial charge in [-0.25, -0.2) is 0 Å². The van der Waals surface area contributed by atoms with Crippen LogP contribution in [0, 0.1) is 5.41 Å². The lowest BCUT2D eigenvalue weighted by atomic mass is 9.95. The minimum Gasteiger partial charge on any atom is -0.481 e. The molecule has 0 aliphatic rings. The number of carboxylic acid groups (broad SMARTS) is 1. The average molecular weight is 208 g/mol. The van der Waals surface area contributed by atoms with E-state index in [0.29, 0.717) is 0 Å². The quantitative estimate of drug-likeness (QED) is 0.657. The molecule has 0 fully saturated rings. The predicted octanol–water partition coefficient (Wildman–Crippen LogP) is 0.842. The van der Waals surface area contributed by atoms with Crippen molar-refractivity contribution in [1.29, 1.82) is 0 Å². The zero-order valence-electron chi connectivity index (χ0n) is 7.76. The molecule has 5 heteroatoms.